The molecule has 0 atom stereocenters. The predicted octanol–water partition coefficient (Wildman–Crippen LogP) is 0.984. The van der Waals surface area contributed by atoms with Gasteiger partial charge in [0.15, 0.2) is 0 Å². The third kappa shape index (κ3) is 5.32. The molecule has 1 saturated heterocycles. The average molecular weight is 318 g/mol. The van der Waals surface area contributed by atoms with Crippen LogP contribution >= 0.6 is 0 Å². The highest BCUT2D eigenvalue weighted by molar-refractivity contribution is 5.78. The minimum absolute atomic E-state index is 0.0285. The molecule has 2 rings (SSSR count). The molecule has 0 saturated carbocycles. The van der Waals surface area contributed by atoms with Crippen molar-refractivity contribution < 1.29 is 9.59 Å². The first kappa shape index (κ1) is 17.4. The number of hydrogen-bond acceptors (Lipinski definition) is 4. The van der Waals surface area contributed by atoms with Crippen LogP contribution in [-0.2, 0) is 16.1 Å². The first-order valence-corrected chi connectivity index (χ1v) is 8.25. The van der Waals surface area contributed by atoms with Crippen LogP contribution < -0.4 is 0 Å². The number of amides is 2. The lowest BCUT2D eigenvalue weighted by atomic mass is 10.2. The second-order valence-electron chi connectivity index (χ2n) is 5.83. The van der Waals surface area contributed by atoms with Crippen molar-refractivity contribution in [2.75, 3.05) is 39.3 Å². The zero-order valence-corrected chi connectivity index (χ0v) is 14.1. The minimum Gasteiger partial charge on any atom is -0.340 e. The van der Waals surface area contributed by atoms with E-state index in [0.29, 0.717) is 19.5 Å². The number of pyridine rings is 1. The summed E-state index contributed by atoms with van der Waals surface area (Å²) >= 11 is 0. The van der Waals surface area contributed by atoms with E-state index in [-0.39, 0.29) is 11.8 Å². The van der Waals surface area contributed by atoms with Gasteiger partial charge in [-0.25, -0.2) is 0 Å². The summed E-state index contributed by atoms with van der Waals surface area (Å²) in [5.41, 5.74) is 0.840. The van der Waals surface area contributed by atoms with Gasteiger partial charge in [0.25, 0.3) is 0 Å². The highest BCUT2D eigenvalue weighted by atomic mass is 16.2. The molecule has 1 fully saturated rings. The summed E-state index contributed by atoms with van der Waals surface area (Å²) in [7, 11) is 0. The maximum absolute atomic E-state index is 12.3. The zero-order valence-electron chi connectivity index (χ0n) is 14.1. The number of carbonyl (C=O) groups is 2. The first-order valence-electron chi connectivity index (χ1n) is 8.25. The lowest BCUT2D eigenvalue weighted by Crippen LogP contribution is -2.49. The summed E-state index contributed by atoms with van der Waals surface area (Å²) in [4.78, 5) is 34.3. The Kier molecular flexibility index (Phi) is 6.52. The van der Waals surface area contributed by atoms with Gasteiger partial charge in [0, 0.05) is 52.3 Å². The monoisotopic (exact) mass is 318 g/mol. The van der Waals surface area contributed by atoms with Crippen LogP contribution in [0.2, 0.25) is 0 Å². The Morgan fingerprint density at radius 3 is 2.52 bits per heavy atom. The molecule has 1 aromatic rings. The van der Waals surface area contributed by atoms with Crippen LogP contribution in [0.4, 0.5) is 0 Å². The van der Waals surface area contributed by atoms with Crippen molar-refractivity contribution in [2.24, 2.45) is 0 Å². The van der Waals surface area contributed by atoms with Gasteiger partial charge in [0.2, 0.25) is 11.8 Å². The molecule has 6 nitrogen and oxygen atoms in total. The van der Waals surface area contributed by atoms with Crippen molar-refractivity contribution >= 4 is 11.8 Å². The van der Waals surface area contributed by atoms with Crippen molar-refractivity contribution in [1.29, 1.82) is 0 Å². The van der Waals surface area contributed by atoms with Gasteiger partial charge < -0.3 is 14.7 Å². The number of aromatic nitrogens is 1. The molecule has 6 heteroatoms. The van der Waals surface area contributed by atoms with Gasteiger partial charge in [-0.05, 0) is 18.7 Å². The Hall–Kier alpha value is -1.95. The lowest BCUT2D eigenvalue weighted by molar-refractivity contribution is -0.135. The SMILES string of the molecule is CCN1CCN(C(=O)CCN(Cc2ccccn2)C(C)=O)CC1. The minimum atomic E-state index is -0.0285. The lowest BCUT2D eigenvalue weighted by Gasteiger charge is -2.34. The molecular formula is C17H26N4O2. The van der Waals surface area contributed by atoms with Crippen molar-refractivity contribution in [3.8, 4) is 0 Å². The van der Waals surface area contributed by atoms with Crippen molar-refractivity contribution in [3.05, 3.63) is 30.1 Å². The van der Waals surface area contributed by atoms with E-state index in [4.69, 9.17) is 0 Å². The first-order chi connectivity index (χ1) is 11.1. The number of likely N-dealkylation sites (N-methyl/N-ethyl adjacent to an activating group) is 1. The fourth-order valence-corrected chi connectivity index (χ4v) is 2.74. The third-order valence-corrected chi connectivity index (χ3v) is 4.29. The van der Waals surface area contributed by atoms with Crippen LogP contribution in [0.1, 0.15) is 26.0 Å². The molecule has 0 bridgehead atoms. The normalized spacial score (nSPS) is 15.5. The van der Waals surface area contributed by atoms with Gasteiger partial charge in [-0.1, -0.05) is 13.0 Å². The Morgan fingerprint density at radius 2 is 1.96 bits per heavy atom. The van der Waals surface area contributed by atoms with E-state index < -0.39 is 0 Å². The zero-order chi connectivity index (χ0) is 16.7. The molecule has 1 aliphatic heterocycles. The summed E-state index contributed by atoms with van der Waals surface area (Å²) in [6.45, 7) is 9.04. The van der Waals surface area contributed by atoms with Gasteiger partial charge in [0.05, 0.1) is 12.2 Å². The molecule has 23 heavy (non-hydrogen) atoms. The Labute approximate surface area is 138 Å². The molecule has 0 aliphatic carbocycles. The Bertz CT molecular complexity index is 513. The molecule has 0 N–H and O–H groups in total. The summed E-state index contributed by atoms with van der Waals surface area (Å²) in [5, 5.41) is 0. The molecule has 0 radical (unpaired) electrons. The van der Waals surface area contributed by atoms with Crippen LogP contribution in [0.3, 0.4) is 0 Å². The number of rotatable bonds is 6. The highest BCUT2D eigenvalue weighted by Crippen LogP contribution is 2.07. The molecule has 1 aliphatic rings. The predicted molar refractivity (Wildman–Crippen MR) is 88.6 cm³/mol. The van der Waals surface area contributed by atoms with E-state index >= 15 is 0 Å². The maximum atomic E-state index is 12.3. The molecule has 0 aromatic carbocycles. The van der Waals surface area contributed by atoms with Crippen LogP contribution in [0, 0.1) is 0 Å². The fourth-order valence-electron chi connectivity index (χ4n) is 2.74. The van der Waals surface area contributed by atoms with E-state index in [2.05, 4.69) is 16.8 Å². The van der Waals surface area contributed by atoms with E-state index in [1.807, 2.05) is 23.1 Å². The van der Waals surface area contributed by atoms with Crippen LogP contribution in [-0.4, -0.2) is 70.8 Å². The molecule has 0 unspecified atom stereocenters. The summed E-state index contributed by atoms with van der Waals surface area (Å²) in [5.74, 6) is 0.104. The van der Waals surface area contributed by atoms with Crippen molar-refractivity contribution in [1.82, 2.24) is 19.7 Å². The summed E-state index contributed by atoms with van der Waals surface area (Å²) < 4.78 is 0. The highest BCUT2D eigenvalue weighted by Gasteiger charge is 2.21. The molecular weight excluding hydrogens is 292 g/mol. The maximum Gasteiger partial charge on any atom is 0.224 e. The largest absolute Gasteiger partial charge is 0.340 e. The van der Waals surface area contributed by atoms with Crippen LogP contribution in [0.15, 0.2) is 24.4 Å². The third-order valence-electron chi connectivity index (χ3n) is 4.29. The smallest absolute Gasteiger partial charge is 0.224 e. The number of piperazine rings is 1. The molecule has 126 valence electrons. The Morgan fingerprint density at radius 1 is 1.22 bits per heavy atom. The Balaban J connectivity index is 1.82. The van der Waals surface area contributed by atoms with E-state index in [1.54, 1.807) is 11.1 Å². The molecule has 2 heterocycles. The summed E-state index contributed by atoms with van der Waals surface area (Å²) in [6, 6.07) is 5.64. The van der Waals surface area contributed by atoms with Gasteiger partial charge in [-0.2, -0.15) is 0 Å². The number of carbonyl (C=O) groups excluding carboxylic acids is 2. The van der Waals surface area contributed by atoms with Gasteiger partial charge in [-0.3, -0.25) is 14.6 Å². The van der Waals surface area contributed by atoms with Crippen LogP contribution in [0.5, 0.6) is 0 Å². The summed E-state index contributed by atoms with van der Waals surface area (Å²) in [6.07, 6.45) is 2.09. The molecule has 0 spiro atoms. The second kappa shape index (κ2) is 8.62. The van der Waals surface area contributed by atoms with Gasteiger partial charge >= 0.3 is 0 Å². The molecule has 2 amide bonds. The molecule has 1 aromatic heterocycles. The van der Waals surface area contributed by atoms with Crippen molar-refractivity contribution in [2.45, 2.75) is 26.8 Å². The second-order valence-corrected chi connectivity index (χ2v) is 5.83. The topological polar surface area (TPSA) is 56.8 Å². The van der Waals surface area contributed by atoms with Crippen LogP contribution in [0.25, 0.3) is 0 Å². The van der Waals surface area contributed by atoms with E-state index in [1.165, 1.54) is 6.92 Å². The number of hydrogen-bond donors (Lipinski definition) is 0. The van der Waals surface area contributed by atoms with Gasteiger partial charge in [0.1, 0.15) is 0 Å². The van der Waals surface area contributed by atoms with E-state index in [9.17, 15) is 9.59 Å². The standard InChI is InChI=1S/C17H26N4O2/c1-3-19-10-12-20(13-11-19)17(23)7-9-21(15(2)22)14-16-6-4-5-8-18-16/h4-6,8H,3,7,9-14H2,1-2H3. The number of nitrogens with zero attached hydrogens (tertiary/aromatic N) is 4. The van der Waals surface area contributed by atoms with E-state index in [0.717, 1.165) is 38.4 Å². The fraction of sp³-hybridized carbons (Fsp3) is 0.588. The van der Waals surface area contributed by atoms with Gasteiger partial charge in [-0.15, -0.1) is 0 Å². The van der Waals surface area contributed by atoms with Crippen molar-refractivity contribution in [3.63, 3.8) is 0 Å². The average Bonchev–Trinajstić information content (AvgIpc) is 2.59. The quantitative estimate of drug-likeness (QED) is 0.785.